The quantitative estimate of drug-likeness (QED) is 0.612. The predicted molar refractivity (Wildman–Crippen MR) is 48.0 cm³/mol. The van der Waals surface area contributed by atoms with Crippen molar-refractivity contribution in [3.05, 3.63) is 0 Å². The van der Waals surface area contributed by atoms with E-state index in [0.717, 1.165) is 32.2 Å². The fourth-order valence-electron chi connectivity index (χ4n) is 2.85. The molecular weight excluding hydrogens is 172 g/mol. The van der Waals surface area contributed by atoms with Crippen molar-refractivity contribution in [2.45, 2.75) is 38.5 Å². The molecule has 1 spiro atoms. The first-order valence-electron chi connectivity index (χ1n) is 5.20. The summed E-state index contributed by atoms with van der Waals surface area (Å²) >= 11 is 0. The van der Waals surface area contributed by atoms with Gasteiger partial charge in [0.1, 0.15) is 0 Å². The number of rotatable bonds is 1. The Labute approximate surface area is 78.1 Å². The molecule has 2 rings (SSSR count). The minimum atomic E-state index is -2.43. The van der Waals surface area contributed by atoms with E-state index in [4.69, 9.17) is 0 Å². The van der Waals surface area contributed by atoms with Crippen LogP contribution in [-0.2, 0) is 0 Å². The fraction of sp³-hybridized carbons (Fsp3) is 1.00. The molecule has 2 aliphatic rings. The molecule has 2 fully saturated rings. The van der Waals surface area contributed by atoms with Gasteiger partial charge in [-0.25, -0.2) is 8.78 Å². The summed E-state index contributed by atoms with van der Waals surface area (Å²) in [6.07, 6.45) is 3.45. The van der Waals surface area contributed by atoms with Gasteiger partial charge < -0.3 is 0 Å². The Morgan fingerprint density at radius 3 is 2.23 bits per heavy atom. The van der Waals surface area contributed by atoms with E-state index in [1.165, 1.54) is 0 Å². The molecule has 13 heavy (non-hydrogen) atoms. The summed E-state index contributed by atoms with van der Waals surface area (Å²) < 4.78 is 27.4. The normalized spacial score (nSPS) is 31.6. The van der Waals surface area contributed by atoms with E-state index in [0.29, 0.717) is 6.54 Å². The van der Waals surface area contributed by atoms with E-state index in [1.54, 1.807) is 0 Å². The summed E-state index contributed by atoms with van der Waals surface area (Å²) in [4.78, 5) is 1.89. The van der Waals surface area contributed by atoms with Gasteiger partial charge in [0.2, 0.25) is 0 Å². The van der Waals surface area contributed by atoms with E-state index in [1.807, 2.05) is 11.8 Å². The summed E-state index contributed by atoms with van der Waals surface area (Å²) in [5.41, 5.74) is -0.650. The zero-order valence-corrected chi connectivity index (χ0v) is 8.15. The van der Waals surface area contributed by atoms with E-state index in [2.05, 4.69) is 0 Å². The van der Waals surface area contributed by atoms with Gasteiger partial charge in [0, 0.05) is 12.0 Å². The van der Waals surface area contributed by atoms with Gasteiger partial charge in [-0.15, -0.1) is 0 Å². The number of nitrogens with zero attached hydrogens (tertiary/aromatic N) is 1. The molecule has 0 N–H and O–H groups in total. The largest absolute Gasteiger partial charge is 0.297 e. The molecular formula is C10H17F2N. The van der Waals surface area contributed by atoms with E-state index < -0.39 is 11.3 Å². The molecule has 0 aromatic heterocycles. The van der Waals surface area contributed by atoms with Gasteiger partial charge in [-0.3, -0.25) is 4.90 Å². The number of alkyl halides is 2. The second kappa shape index (κ2) is 2.91. The monoisotopic (exact) mass is 189 g/mol. The van der Waals surface area contributed by atoms with Crippen molar-refractivity contribution in [1.82, 2.24) is 4.90 Å². The lowest BCUT2D eigenvalue weighted by molar-refractivity contribution is -0.0811. The maximum Gasteiger partial charge on any atom is 0.267 e. The van der Waals surface area contributed by atoms with Crippen molar-refractivity contribution >= 4 is 0 Å². The zero-order chi connectivity index (χ0) is 9.53. The molecule has 0 amide bonds. The molecule has 1 saturated heterocycles. The van der Waals surface area contributed by atoms with Crippen molar-refractivity contribution < 1.29 is 8.78 Å². The molecule has 0 aromatic rings. The average molecular weight is 189 g/mol. The number of likely N-dealkylation sites (tertiary alicyclic amines) is 1. The molecule has 0 aromatic carbocycles. The van der Waals surface area contributed by atoms with Crippen LogP contribution in [0.4, 0.5) is 8.78 Å². The van der Waals surface area contributed by atoms with Crippen molar-refractivity contribution in [2.75, 3.05) is 19.6 Å². The summed E-state index contributed by atoms with van der Waals surface area (Å²) in [7, 11) is 0. The third kappa shape index (κ3) is 1.28. The van der Waals surface area contributed by atoms with E-state index in [-0.39, 0.29) is 6.54 Å². The summed E-state index contributed by atoms with van der Waals surface area (Å²) in [5, 5.41) is 0. The number of hydrogen-bond acceptors (Lipinski definition) is 1. The van der Waals surface area contributed by atoms with Crippen LogP contribution in [0.2, 0.25) is 0 Å². The van der Waals surface area contributed by atoms with Gasteiger partial charge in [-0.05, 0) is 19.4 Å². The first-order chi connectivity index (χ1) is 6.10. The van der Waals surface area contributed by atoms with E-state index in [9.17, 15) is 8.78 Å². The van der Waals surface area contributed by atoms with Gasteiger partial charge in [-0.1, -0.05) is 19.8 Å². The van der Waals surface area contributed by atoms with Crippen molar-refractivity contribution in [1.29, 1.82) is 0 Å². The van der Waals surface area contributed by atoms with Crippen molar-refractivity contribution in [3.63, 3.8) is 0 Å². The molecule has 0 bridgehead atoms. The van der Waals surface area contributed by atoms with Crippen LogP contribution < -0.4 is 0 Å². The van der Waals surface area contributed by atoms with Crippen LogP contribution in [0.3, 0.4) is 0 Å². The Hall–Kier alpha value is -0.180. The lowest BCUT2D eigenvalue weighted by Gasteiger charge is -2.29. The number of halogens is 2. The molecule has 1 aliphatic heterocycles. The van der Waals surface area contributed by atoms with Crippen molar-refractivity contribution in [3.8, 4) is 0 Å². The van der Waals surface area contributed by atoms with Gasteiger partial charge in [-0.2, -0.15) is 0 Å². The van der Waals surface area contributed by atoms with Gasteiger partial charge in [0.25, 0.3) is 5.92 Å². The third-order valence-corrected chi connectivity index (χ3v) is 3.73. The predicted octanol–water partition coefficient (Wildman–Crippen LogP) is 2.52. The van der Waals surface area contributed by atoms with Gasteiger partial charge in [0.15, 0.2) is 0 Å². The minimum Gasteiger partial charge on any atom is -0.297 e. The first kappa shape index (κ1) is 9.38. The topological polar surface area (TPSA) is 3.24 Å². The molecule has 1 saturated carbocycles. The van der Waals surface area contributed by atoms with Crippen LogP contribution in [0.15, 0.2) is 0 Å². The Morgan fingerprint density at radius 2 is 1.77 bits per heavy atom. The third-order valence-electron chi connectivity index (χ3n) is 3.73. The average Bonchev–Trinajstić information content (AvgIpc) is 2.61. The van der Waals surface area contributed by atoms with Crippen molar-refractivity contribution in [2.24, 2.45) is 5.41 Å². The first-order valence-corrected chi connectivity index (χ1v) is 5.20. The zero-order valence-electron chi connectivity index (χ0n) is 8.15. The minimum absolute atomic E-state index is 0.0104. The maximum atomic E-state index is 13.7. The molecule has 1 aliphatic carbocycles. The van der Waals surface area contributed by atoms with E-state index >= 15 is 0 Å². The van der Waals surface area contributed by atoms with Gasteiger partial charge in [0.05, 0.1) is 6.54 Å². The molecule has 0 radical (unpaired) electrons. The van der Waals surface area contributed by atoms with Gasteiger partial charge >= 0.3 is 0 Å². The highest BCUT2D eigenvalue weighted by Gasteiger charge is 2.60. The van der Waals surface area contributed by atoms with Crippen LogP contribution in [-0.4, -0.2) is 30.5 Å². The highest BCUT2D eigenvalue weighted by Crippen LogP contribution is 2.53. The molecule has 1 nitrogen and oxygen atoms in total. The van der Waals surface area contributed by atoms with Crippen LogP contribution in [0, 0.1) is 5.41 Å². The summed E-state index contributed by atoms with van der Waals surface area (Å²) in [6.45, 7) is 3.33. The molecule has 3 heteroatoms. The molecule has 1 heterocycles. The SMILES string of the molecule is CCN1CC(F)(F)C2(CCCC2)C1. The molecule has 76 valence electrons. The fourth-order valence-corrected chi connectivity index (χ4v) is 2.85. The standard InChI is InChI=1S/C10H17F2N/c1-2-13-7-9(5-3-4-6-9)10(11,12)8-13/h2-8H2,1H3. The summed E-state index contributed by atoms with van der Waals surface area (Å²) in [6, 6.07) is 0. The van der Waals surface area contributed by atoms with Crippen LogP contribution in [0.1, 0.15) is 32.6 Å². The molecule has 0 unspecified atom stereocenters. The van der Waals surface area contributed by atoms with Crippen LogP contribution in [0.5, 0.6) is 0 Å². The Morgan fingerprint density at radius 1 is 1.15 bits per heavy atom. The molecule has 0 atom stereocenters. The Balaban J connectivity index is 2.18. The van der Waals surface area contributed by atoms with Crippen LogP contribution >= 0.6 is 0 Å². The Bertz CT molecular complexity index is 197. The second-order valence-electron chi connectivity index (χ2n) is 4.50. The maximum absolute atomic E-state index is 13.7. The second-order valence-corrected chi connectivity index (χ2v) is 4.50. The lowest BCUT2D eigenvalue weighted by Crippen LogP contribution is -2.37. The highest BCUT2D eigenvalue weighted by atomic mass is 19.3. The highest BCUT2D eigenvalue weighted by molar-refractivity contribution is 5.04. The lowest BCUT2D eigenvalue weighted by atomic mass is 9.82. The summed E-state index contributed by atoms with van der Waals surface area (Å²) in [5.74, 6) is -2.43. The smallest absolute Gasteiger partial charge is 0.267 e. The Kier molecular flexibility index (Phi) is 2.10. The van der Waals surface area contributed by atoms with Crippen LogP contribution in [0.25, 0.3) is 0 Å². The number of hydrogen-bond donors (Lipinski definition) is 0.